The predicted octanol–water partition coefficient (Wildman–Crippen LogP) is 2.94. The number of thiophene rings is 1. The Hall–Kier alpha value is -0.950. The van der Waals surface area contributed by atoms with Crippen LogP contribution in [0.15, 0.2) is 22.5 Å². The molecule has 162 valence electrons. The maximum absolute atomic E-state index is 5.54. The normalized spacial score (nSPS) is 16.2. The molecule has 1 saturated heterocycles. The molecule has 0 spiro atoms. The SMILES string of the molecule is CN=C(NCc1csc(N(C)C)n1)NCC(c1ccc(C)s1)N1CCOCC1.I. The number of halogens is 1. The number of guanidine groups is 1. The van der Waals surface area contributed by atoms with Gasteiger partial charge in [0.25, 0.3) is 0 Å². The molecule has 0 saturated carbocycles. The van der Waals surface area contributed by atoms with E-state index in [1.54, 1.807) is 18.4 Å². The Balaban J connectivity index is 0.00000300. The Kier molecular flexibility index (Phi) is 10.1. The first kappa shape index (κ1) is 24.3. The second-order valence-corrected chi connectivity index (χ2v) is 9.09. The number of nitrogens with zero attached hydrogens (tertiary/aromatic N) is 4. The number of hydrogen-bond acceptors (Lipinski definition) is 7. The van der Waals surface area contributed by atoms with Crippen molar-refractivity contribution in [2.75, 3.05) is 58.9 Å². The minimum Gasteiger partial charge on any atom is -0.379 e. The number of aliphatic imine (C=N–C) groups is 1. The molecule has 0 radical (unpaired) electrons. The summed E-state index contributed by atoms with van der Waals surface area (Å²) in [5.41, 5.74) is 1.02. The smallest absolute Gasteiger partial charge is 0.191 e. The molecule has 1 atom stereocenters. The summed E-state index contributed by atoms with van der Waals surface area (Å²) in [6.45, 7) is 7.14. The molecule has 7 nitrogen and oxygen atoms in total. The molecule has 3 rings (SSSR count). The number of thiazole rings is 1. The zero-order valence-electron chi connectivity index (χ0n) is 17.5. The number of anilines is 1. The second-order valence-electron chi connectivity index (χ2n) is 6.94. The average Bonchev–Trinajstić information content (AvgIpc) is 3.34. The average molecular weight is 551 g/mol. The largest absolute Gasteiger partial charge is 0.379 e. The lowest BCUT2D eigenvalue weighted by molar-refractivity contribution is 0.0177. The van der Waals surface area contributed by atoms with Crippen molar-refractivity contribution in [1.82, 2.24) is 20.5 Å². The van der Waals surface area contributed by atoms with Gasteiger partial charge in [0.1, 0.15) is 0 Å². The van der Waals surface area contributed by atoms with Crippen LogP contribution in [0.1, 0.15) is 21.5 Å². The lowest BCUT2D eigenvalue weighted by Gasteiger charge is -2.34. The van der Waals surface area contributed by atoms with Gasteiger partial charge in [-0.15, -0.1) is 46.7 Å². The summed E-state index contributed by atoms with van der Waals surface area (Å²) in [5, 5.41) is 9.98. The van der Waals surface area contributed by atoms with Crippen LogP contribution in [0.3, 0.4) is 0 Å². The molecule has 29 heavy (non-hydrogen) atoms. The van der Waals surface area contributed by atoms with Crippen molar-refractivity contribution in [2.45, 2.75) is 19.5 Å². The van der Waals surface area contributed by atoms with E-state index in [0.29, 0.717) is 12.6 Å². The predicted molar refractivity (Wildman–Crippen MR) is 134 cm³/mol. The Labute approximate surface area is 198 Å². The molecule has 3 heterocycles. The Morgan fingerprint density at radius 1 is 1.31 bits per heavy atom. The van der Waals surface area contributed by atoms with Gasteiger partial charge in [-0.3, -0.25) is 9.89 Å². The number of morpholine rings is 1. The minimum atomic E-state index is 0. The molecule has 2 N–H and O–H groups in total. The summed E-state index contributed by atoms with van der Waals surface area (Å²) in [6.07, 6.45) is 0. The Bertz CT molecular complexity index is 772. The third kappa shape index (κ3) is 7.06. The highest BCUT2D eigenvalue weighted by atomic mass is 127. The fourth-order valence-corrected chi connectivity index (χ4v) is 4.87. The van der Waals surface area contributed by atoms with E-state index in [0.717, 1.165) is 49.6 Å². The third-order valence-corrected chi connectivity index (χ3v) is 6.78. The van der Waals surface area contributed by atoms with Crippen molar-refractivity contribution < 1.29 is 4.74 Å². The molecule has 1 fully saturated rings. The summed E-state index contributed by atoms with van der Waals surface area (Å²) >= 11 is 3.52. The second kappa shape index (κ2) is 12.0. The lowest BCUT2D eigenvalue weighted by atomic mass is 10.2. The lowest BCUT2D eigenvalue weighted by Crippen LogP contribution is -2.46. The van der Waals surface area contributed by atoms with E-state index in [-0.39, 0.29) is 24.0 Å². The standard InChI is InChI=1S/C19H30N6OS2.HI/c1-14-5-6-17(28-14)16(25-7-9-26-10-8-25)12-22-18(20-2)21-11-15-13-27-19(23-15)24(3)4;/h5-6,13,16H,7-12H2,1-4H3,(H2,20,21,22);1H. The zero-order chi connectivity index (χ0) is 19.9. The van der Waals surface area contributed by atoms with E-state index in [1.165, 1.54) is 9.75 Å². The van der Waals surface area contributed by atoms with Crippen LogP contribution in [-0.4, -0.2) is 69.8 Å². The molecule has 2 aromatic rings. The maximum atomic E-state index is 5.54. The van der Waals surface area contributed by atoms with Crippen LogP contribution in [0.5, 0.6) is 0 Å². The van der Waals surface area contributed by atoms with Gasteiger partial charge in [0, 0.05) is 55.9 Å². The van der Waals surface area contributed by atoms with Crippen molar-refractivity contribution in [1.29, 1.82) is 0 Å². The fraction of sp³-hybridized carbons (Fsp3) is 0.579. The number of aromatic nitrogens is 1. The van der Waals surface area contributed by atoms with Crippen LogP contribution in [0.2, 0.25) is 0 Å². The Morgan fingerprint density at radius 2 is 2.07 bits per heavy atom. The monoisotopic (exact) mass is 550 g/mol. The minimum absolute atomic E-state index is 0. The van der Waals surface area contributed by atoms with Gasteiger partial charge in [0.2, 0.25) is 0 Å². The first-order valence-electron chi connectivity index (χ1n) is 9.51. The quantitative estimate of drug-likeness (QED) is 0.314. The van der Waals surface area contributed by atoms with Crippen LogP contribution in [0, 0.1) is 6.92 Å². The van der Waals surface area contributed by atoms with Gasteiger partial charge in [0.05, 0.1) is 31.5 Å². The molecule has 1 unspecified atom stereocenters. The molecular formula is C19H31IN6OS2. The highest BCUT2D eigenvalue weighted by Gasteiger charge is 2.24. The van der Waals surface area contributed by atoms with E-state index in [9.17, 15) is 0 Å². The summed E-state index contributed by atoms with van der Waals surface area (Å²) in [5.74, 6) is 0.797. The van der Waals surface area contributed by atoms with E-state index in [4.69, 9.17) is 4.74 Å². The van der Waals surface area contributed by atoms with Crippen molar-refractivity contribution in [2.24, 2.45) is 4.99 Å². The molecule has 0 amide bonds. The number of nitrogens with one attached hydrogen (secondary N) is 2. The number of hydrogen-bond donors (Lipinski definition) is 2. The molecule has 0 bridgehead atoms. The van der Waals surface area contributed by atoms with Crippen LogP contribution >= 0.6 is 46.7 Å². The topological polar surface area (TPSA) is 65.0 Å². The first-order chi connectivity index (χ1) is 13.6. The number of rotatable bonds is 7. The summed E-state index contributed by atoms with van der Waals surface area (Å²) in [6, 6.07) is 4.77. The van der Waals surface area contributed by atoms with Crippen molar-refractivity contribution in [3.63, 3.8) is 0 Å². The number of ether oxygens (including phenoxy) is 1. The van der Waals surface area contributed by atoms with Gasteiger partial charge in [-0.1, -0.05) is 0 Å². The van der Waals surface area contributed by atoms with E-state index in [1.807, 2.05) is 30.3 Å². The van der Waals surface area contributed by atoms with Gasteiger partial charge >= 0.3 is 0 Å². The molecule has 1 aliphatic rings. The fourth-order valence-electron chi connectivity index (χ4n) is 3.10. The van der Waals surface area contributed by atoms with Crippen molar-refractivity contribution in [3.8, 4) is 0 Å². The molecule has 1 aliphatic heterocycles. The summed E-state index contributed by atoms with van der Waals surface area (Å²) in [7, 11) is 5.82. The van der Waals surface area contributed by atoms with E-state index >= 15 is 0 Å². The Morgan fingerprint density at radius 3 is 2.66 bits per heavy atom. The third-order valence-electron chi connectivity index (χ3n) is 4.62. The molecule has 0 aliphatic carbocycles. The van der Waals surface area contributed by atoms with Crippen LogP contribution in [0.4, 0.5) is 5.13 Å². The highest BCUT2D eigenvalue weighted by molar-refractivity contribution is 14.0. The highest BCUT2D eigenvalue weighted by Crippen LogP contribution is 2.27. The molecule has 10 heteroatoms. The molecule has 0 aromatic carbocycles. The van der Waals surface area contributed by atoms with Gasteiger partial charge in [-0.2, -0.15) is 0 Å². The molecular weight excluding hydrogens is 519 g/mol. The number of aryl methyl sites for hydroxylation is 1. The van der Waals surface area contributed by atoms with Crippen LogP contribution in [0.25, 0.3) is 0 Å². The van der Waals surface area contributed by atoms with Crippen molar-refractivity contribution >= 4 is 57.7 Å². The van der Waals surface area contributed by atoms with Gasteiger partial charge < -0.3 is 20.3 Å². The van der Waals surface area contributed by atoms with Gasteiger partial charge in [-0.25, -0.2) is 4.98 Å². The first-order valence-corrected chi connectivity index (χ1v) is 11.2. The van der Waals surface area contributed by atoms with Crippen LogP contribution in [-0.2, 0) is 11.3 Å². The van der Waals surface area contributed by atoms with Crippen molar-refractivity contribution in [3.05, 3.63) is 33.0 Å². The van der Waals surface area contributed by atoms with Gasteiger partial charge in [-0.05, 0) is 19.1 Å². The van der Waals surface area contributed by atoms with E-state index in [2.05, 4.69) is 49.9 Å². The summed E-state index contributed by atoms with van der Waals surface area (Å²) in [4.78, 5) is 16.2. The van der Waals surface area contributed by atoms with Gasteiger partial charge in [0.15, 0.2) is 11.1 Å². The summed E-state index contributed by atoms with van der Waals surface area (Å²) < 4.78 is 5.54. The van der Waals surface area contributed by atoms with E-state index < -0.39 is 0 Å². The van der Waals surface area contributed by atoms with Crippen LogP contribution < -0.4 is 15.5 Å². The zero-order valence-corrected chi connectivity index (χ0v) is 21.4. The molecule has 2 aromatic heterocycles. The maximum Gasteiger partial charge on any atom is 0.191 e.